The van der Waals surface area contributed by atoms with Crippen molar-refractivity contribution in [3.63, 3.8) is 0 Å². The predicted octanol–water partition coefficient (Wildman–Crippen LogP) is 29.4. The number of hydrogen-bond acceptors (Lipinski definition) is 2. The SMILES string of the molecule is CC(C)(C)c1ccc2c(c1)C1(c3ccccc3-c3ccc(N(c4ccccc4)c4ccc5c(c4)C4(c6cc(N(c7ccccc7)c7ccc8c(c7)C7(c9ccccc9-8)c8cc(C(C)(C)C)ccc8-c8ccc(C(C)(C)C)cc87)ccc6-5)c5cc(C(C)(C)C)ccc5-c5ccc(C(C)(C)C)cc54)cc31)c1cc(C(C)(C)C)ccc1-2. The maximum atomic E-state index is 2.62. The Morgan fingerprint density at radius 3 is 0.531 bits per heavy atom. The second kappa shape index (κ2) is 23.9. The van der Waals surface area contributed by atoms with Gasteiger partial charge in [-0.05, 0) is 272 Å². The molecular formula is C111H102N2. The van der Waals surface area contributed by atoms with Gasteiger partial charge in [0.05, 0.1) is 16.2 Å². The molecule has 3 spiro atoms. The quantitative estimate of drug-likeness (QED) is 0.164. The number of fused-ring (bicyclic) bond motifs is 30. The fourth-order valence-corrected chi connectivity index (χ4v) is 21.0. The molecule has 0 unspecified atom stereocenters. The molecule has 113 heavy (non-hydrogen) atoms. The third kappa shape index (κ3) is 10.0. The van der Waals surface area contributed by atoms with Gasteiger partial charge in [0.1, 0.15) is 0 Å². The molecule has 0 amide bonds. The molecule has 556 valence electrons. The van der Waals surface area contributed by atoms with E-state index >= 15 is 0 Å². The topological polar surface area (TPSA) is 6.48 Å². The van der Waals surface area contributed by atoms with Gasteiger partial charge in [0.15, 0.2) is 0 Å². The summed E-state index contributed by atoms with van der Waals surface area (Å²) >= 11 is 0. The van der Waals surface area contributed by atoms with Gasteiger partial charge in [-0.15, -0.1) is 0 Å². The van der Waals surface area contributed by atoms with Crippen molar-refractivity contribution in [2.45, 2.75) is 173 Å². The average molecular weight is 1460 g/mol. The van der Waals surface area contributed by atoms with Gasteiger partial charge in [0.2, 0.25) is 0 Å². The van der Waals surface area contributed by atoms with Crippen LogP contribution in [0.1, 0.15) is 225 Å². The van der Waals surface area contributed by atoms with Crippen molar-refractivity contribution < 1.29 is 0 Å². The van der Waals surface area contributed by atoms with Crippen molar-refractivity contribution in [2.24, 2.45) is 0 Å². The lowest BCUT2D eigenvalue weighted by Gasteiger charge is -2.35. The van der Waals surface area contributed by atoms with Gasteiger partial charge in [-0.1, -0.05) is 343 Å². The molecule has 0 N–H and O–H groups in total. The standard InChI is InChI=1S/C111H102N2/c1-103(2,3)67-37-47-81-82-48-38-68(104(4,5)6)58-94(82)109(93(81)57-67)91-35-27-25-33-79(91)87-53-43-75(63-99(87)109)112(73-29-21-19-22-30-73)77-45-55-89-90-56-46-78(66-102(90)111(101(89)65-77)97-61-71(107(13,14)15)41-51-85(97)86-52-42-72(62-98(86)111)108(16,17)18)113(74-31-23-20-24-32-74)76-44-54-88-80-34-26-28-36-92(80)110(100(88)64-76)95-59-69(105(7,8)9)39-49-83(95)84-50-40-70(60-96(84)110)106(10,11)12/h19-66H,1-18H3. The second-order valence-corrected chi connectivity index (χ2v) is 39.7. The Morgan fingerprint density at radius 1 is 0.150 bits per heavy atom. The summed E-state index contributed by atoms with van der Waals surface area (Å²) in [4.78, 5) is 5.15. The lowest BCUT2D eigenvalue weighted by Crippen LogP contribution is -2.28. The van der Waals surface area contributed by atoms with Crippen LogP contribution in [0.3, 0.4) is 0 Å². The van der Waals surface area contributed by atoms with Crippen LogP contribution in [-0.2, 0) is 48.7 Å². The molecule has 0 radical (unpaired) electrons. The van der Waals surface area contributed by atoms with Gasteiger partial charge in [-0.3, -0.25) is 0 Å². The maximum Gasteiger partial charge on any atom is 0.0727 e. The summed E-state index contributed by atoms with van der Waals surface area (Å²) in [5.74, 6) is 0. The van der Waals surface area contributed by atoms with E-state index in [0.717, 1.165) is 34.1 Å². The van der Waals surface area contributed by atoms with Gasteiger partial charge in [-0.25, -0.2) is 0 Å². The van der Waals surface area contributed by atoms with Gasteiger partial charge in [0, 0.05) is 34.1 Å². The summed E-state index contributed by atoms with van der Waals surface area (Å²) in [6.07, 6.45) is 0. The summed E-state index contributed by atoms with van der Waals surface area (Å²) in [5, 5.41) is 0. The molecule has 2 heteroatoms. The first-order valence-electron chi connectivity index (χ1n) is 41.2. The first-order valence-corrected chi connectivity index (χ1v) is 41.2. The van der Waals surface area contributed by atoms with E-state index in [1.54, 1.807) is 0 Å². The fourth-order valence-electron chi connectivity index (χ4n) is 21.0. The predicted molar refractivity (Wildman–Crippen MR) is 477 cm³/mol. The highest BCUT2D eigenvalue weighted by Gasteiger charge is 2.57. The van der Waals surface area contributed by atoms with Gasteiger partial charge >= 0.3 is 0 Å². The van der Waals surface area contributed by atoms with E-state index in [9.17, 15) is 0 Å². The molecule has 20 rings (SSSR count). The van der Waals surface area contributed by atoms with E-state index < -0.39 is 16.2 Å². The third-order valence-electron chi connectivity index (χ3n) is 26.8. The zero-order valence-electron chi connectivity index (χ0n) is 69.1. The normalized spacial score (nSPS) is 15.0. The Labute approximate surface area is 671 Å². The van der Waals surface area contributed by atoms with Crippen LogP contribution in [0.4, 0.5) is 34.1 Å². The maximum absolute atomic E-state index is 2.62. The number of hydrogen-bond donors (Lipinski definition) is 0. The molecular weight excluding hydrogens is 1360 g/mol. The molecule has 2 nitrogen and oxygen atoms in total. The third-order valence-corrected chi connectivity index (χ3v) is 26.8. The lowest BCUT2D eigenvalue weighted by atomic mass is 9.68. The van der Waals surface area contributed by atoms with Gasteiger partial charge in [-0.2, -0.15) is 0 Å². The largest absolute Gasteiger partial charge is 0.310 e. The van der Waals surface area contributed by atoms with Crippen LogP contribution in [0.15, 0.2) is 291 Å². The molecule has 0 saturated carbocycles. The summed E-state index contributed by atoms with van der Waals surface area (Å²) in [5.41, 5.74) is 43.7. The van der Waals surface area contributed by atoms with Gasteiger partial charge < -0.3 is 9.80 Å². The molecule has 0 heterocycles. The van der Waals surface area contributed by atoms with Crippen LogP contribution < -0.4 is 9.80 Å². The Bertz CT molecular complexity index is 5850. The van der Waals surface area contributed by atoms with Crippen molar-refractivity contribution in [2.75, 3.05) is 9.80 Å². The Hall–Kier alpha value is -11.3. The molecule has 14 aromatic carbocycles. The van der Waals surface area contributed by atoms with Crippen molar-refractivity contribution in [3.8, 4) is 66.8 Å². The number of para-hydroxylation sites is 2. The van der Waals surface area contributed by atoms with Crippen molar-refractivity contribution in [1.82, 2.24) is 0 Å². The molecule has 6 aliphatic rings. The fraction of sp³-hybridized carbons (Fsp3) is 0.243. The van der Waals surface area contributed by atoms with E-state index in [2.05, 4.69) is 426 Å². The molecule has 0 fully saturated rings. The second-order valence-electron chi connectivity index (χ2n) is 39.7. The molecule has 6 aliphatic carbocycles. The minimum atomic E-state index is -0.776. The molecule has 0 saturated heterocycles. The number of anilines is 6. The molecule has 0 bridgehead atoms. The molecule has 0 aliphatic heterocycles. The highest BCUT2D eigenvalue weighted by atomic mass is 15.1. The minimum Gasteiger partial charge on any atom is -0.310 e. The van der Waals surface area contributed by atoms with Crippen LogP contribution >= 0.6 is 0 Å². The summed E-state index contributed by atoms with van der Waals surface area (Å²) in [6.45, 7) is 42.6. The molecule has 0 aromatic heterocycles. The Balaban J connectivity index is 0.835. The van der Waals surface area contributed by atoms with E-state index in [1.165, 1.54) is 167 Å². The summed E-state index contributed by atoms with van der Waals surface area (Å²) in [7, 11) is 0. The van der Waals surface area contributed by atoms with Crippen LogP contribution in [0.2, 0.25) is 0 Å². The lowest BCUT2D eigenvalue weighted by molar-refractivity contribution is 0.586. The minimum absolute atomic E-state index is 0.0736. The zero-order valence-corrected chi connectivity index (χ0v) is 69.1. The van der Waals surface area contributed by atoms with Crippen molar-refractivity contribution in [3.05, 3.63) is 391 Å². The monoisotopic (exact) mass is 1460 g/mol. The van der Waals surface area contributed by atoms with Crippen LogP contribution in [0.5, 0.6) is 0 Å². The average Bonchev–Trinajstić information content (AvgIpc) is 1.52. The van der Waals surface area contributed by atoms with Crippen molar-refractivity contribution in [1.29, 1.82) is 0 Å². The summed E-state index contributed by atoms with van der Waals surface area (Å²) < 4.78 is 0. The zero-order chi connectivity index (χ0) is 78.4. The smallest absolute Gasteiger partial charge is 0.0727 e. The highest BCUT2D eigenvalue weighted by molar-refractivity contribution is 6.02. The van der Waals surface area contributed by atoms with Crippen LogP contribution in [0.25, 0.3) is 66.8 Å². The van der Waals surface area contributed by atoms with E-state index in [-0.39, 0.29) is 32.5 Å². The first-order chi connectivity index (χ1) is 53.8. The van der Waals surface area contributed by atoms with E-state index in [0.29, 0.717) is 0 Å². The summed E-state index contributed by atoms with van der Waals surface area (Å²) in [6, 6.07) is 116. The Kier molecular flexibility index (Phi) is 15.0. The number of benzene rings is 14. The van der Waals surface area contributed by atoms with Crippen LogP contribution in [-0.4, -0.2) is 0 Å². The first kappa shape index (κ1) is 70.8. The number of nitrogens with zero attached hydrogens (tertiary/aromatic N) is 2. The van der Waals surface area contributed by atoms with Crippen molar-refractivity contribution >= 4 is 34.1 Å². The Morgan fingerprint density at radius 2 is 0.319 bits per heavy atom. The van der Waals surface area contributed by atoms with Crippen LogP contribution in [0, 0.1) is 0 Å². The molecule has 14 aromatic rings. The molecule has 0 atom stereocenters. The van der Waals surface area contributed by atoms with Gasteiger partial charge in [0.25, 0.3) is 0 Å². The number of rotatable bonds is 6. The van der Waals surface area contributed by atoms with E-state index in [4.69, 9.17) is 0 Å². The van der Waals surface area contributed by atoms with E-state index in [1.807, 2.05) is 0 Å². The highest BCUT2D eigenvalue weighted by Crippen LogP contribution is 2.69.